The summed E-state index contributed by atoms with van der Waals surface area (Å²) < 4.78 is 0. The van der Waals surface area contributed by atoms with Crippen molar-refractivity contribution in [3.8, 4) is 0 Å². The Morgan fingerprint density at radius 2 is 2.09 bits per heavy atom. The molecule has 0 radical (unpaired) electrons. The second-order valence-corrected chi connectivity index (χ2v) is 9.87. The van der Waals surface area contributed by atoms with Crippen molar-refractivity contribution in [1.82, 2.24) is 25.4 Å². The molecule has 3 aromatic rings. The molecular formula is C23H28N6O2S. The van der Waals surface area contributed by atoms with Crippen LogP contribution < -0.4 is 10.6 Å². The first-order valence-corrected chi connectivity index (χ1v) is 12.0. The van der Waals surface area contributed by atoms with Gasteiger partial charge in [0, 0.05) is 36.1 Å². The molecule has 2 aromatic heterocycles. The van der Waals surface area contributed by atoms with E-state index in [0.717, 1.165) is 60.0 Å². The van der Waals surface area contributed by atoms with Crippen LogP contribution in [-0.4, -0.2) is 62.8 Å². The van der Waals surface area contributed by atoms with Crippen LogP contribution in [0.4, 0.5) is 5.82 Å². The highest BCUT2D eigenvalue weighted by Gasteiger charge is 2.40. The Morgan fingerprint density at radius 3 is 2.84 bits per heavy atom. The van der Waals surface area contributed by atoms with Crippen molar-refractivity contribution in [3.05, 3.63) is 46.5 Å². The van der Waals surface area contributed by atoms with Gasteiger partial charge in [-0.15, -0.1) is 16.4 Å². The first-order valence-electron chi connectivity index (χ1n) is 11.1. The zero-order chi connectivity index (χ0) is 22.1. The minimum Gasteiger partial charge on any atom is -0.384 e. The van der Waals surface area contributed by atoms with Crippen LogP contribution in [0.5, 0.6) is 0 Å². The van der Waals surface area contributed by atoms with Crippen LogP contribution in [-0.2, 0) is 10.4 Å². The van der Waals surface area contributed by atoms with Crippen LogP contribution in [0.15, 0.2) is 36.1 Å². The normalized spacial score (nSPS) is 24.2. The van der Waals surface area contributed by atoms with Crippen LogP contribution in [0.1, 0.15) is 36.1 Å². The van der Waals surface area contributed by atoms with Gasteiger partial charge in [0.15, 0.2) is 5.82 Å². The van der Waals surface area contributed by atoms with Gasteiger partial charge in [0.1, 0.15) is 5.60 Å². The standard InChI is InChI=1S/C23H28N6O2S/c1-15-2-3-16-9-26-28-22(19(16)8-15)25-11-21(30)27-17-12-29(13-17)18-4-6-23(31,7-5-18)20-10-24-14-32-20/h2-3,8-10,14,17-18,31H,4-7,11-13H2,1H3,(H,25,28)(H,27,30)/t18-,23-. The molecule has 1 saturated heterocycles. The summed E-state index contributed by atoms with van der Waals surface area (Å²) in [6.45, 7) is 3.93. The number of hydrogen-bond donors (Lipinski definition) is 3. The number of fused-ring (bicyclic) bond motifs is 1. The molecule has 32 heavy (non-hydrogen) atoms. The van der Waals surface area contributed by atoms with E-state index in [0.29, 0.717) is 11.9 Å². The minimum absolute atomic E-state index is 0.0377. The van der Waals surface area contributed by atoms with E-state index >= 15 is 0 Å². The number of aromatic nitrogens is 3. The smallest absolute Gasteiger partial charge is 0.239 e. The number of aliphatic hydroxyl groups is 1. The lowest BCUT2D eigenvalue weighted by atomic mass is 9.80. The van der Waals surface area contributed by atoms with Crippen LogP contribution in [0.3, 0.4) is 0 Å². The summed E-state index contributed by atoms with van der Waals surface area (Å²) in [6.07, 6.45) is 6.99. The third-order valence-electron chi connectivity index (χ3n) is 6.70. The molecule has 5 rings (SSSR count). The number of carbonyl (C=O) groups excluding carboxylic acids is 1. The fraction of sp³-hybridized carbons (Fsp3) is 0.478. The number of nitrogens with one attached hydrogen (secondary N) is 2. The zero-order valence-corrected chi connectivity index (χ0v) is 18.9. The van der Waals surface area contributed by atoms with Crippen molar-refractivity contribution in [3.63, 3.8) is 0 Å². The first-order chi connectivity index (χ1) is 15.5. The molecule has 0 atom stereocenters. The summed E-state index contributed by atoms with van der Waals surface area (Å²) >= 11 is 1.53. The van der Waals surface area contributed by atoms with Gasteiger partial charge in [-0.2, -0.15) is 5.10 Å². The van der Waals surface area contributed by atoms with Crippen LogP contribution in [0, 0.1) is 6.92 Å². The summed E-state index contributed by atoms with van der Waals surface area (Å²) in [5.74, 6) is 0.594. The van der Waals surface area contributed by atoms with Gasteiger partial charge in [0.2, 0.25) is 5.91 Å². The molecule has 3 N–H and O–H groups in total. The van der Waals surface area contributed by atoms with Gasteiger partial charge in [0.25, 0.3) is 0 Å². The van der Waals surface area contributed by atoms with Crippen LogP contribution >= 0.6 is 11.3 Å². The molecule has 0 unspecified atom stereocenters. The molecule has 2 aliphatic rings. The largest absolute Gasteiger partial charge is 0.384 e. The lowest BCUT2D eigenvalue weighted by molar-refractivity contribution is -0.121. The average molecular weight is 453 g/mol. The lowest BCUT2D eigenvalue weighted by Crippen LogP contribution is -2.63. The highest BCUT2D eigenvalue weighted by atomic mass is 32.1. The Hall–Kier alpha value is -2.62. The van der Waals surface area contributed by atoms with E-state index in [4.69, 9.17) is 0 Å². The SMILES string of the molecule is Cc1ccc2cnnc(NCC(=O)NC3CN([C@H]4CC[C@@](O)(c5cncs5)CC4)C3)c2c1. The molecule has 1 aliphatic heterocycles. The Kier molecular flexibility index (Phi) is 5.79. The molecule has 3 heterocycles. The summed E-state index contributed by atoms with van der Waals surface area (Å²) in [5, 5.41) is 27.3. The number of benzene rings is 1. The molecule has 1 saturated carbocycles. The van der Waals surface area contributed by atoms with Crippen molar-refractivity contribution in [2.75, 3.05) is 25.0 Å². The highest BCUT2D eigenvalue weighted by Crippen LogP contribution is 2.40. The van der Waals surface area contributed by atoms with Gasteiger partial charge in [-0.25, -0.2) is 0 Å². The molecule has 1 amide bonds. The number of anilines is 1. The Bertz CT molecular complexity index is 1090. The summed E-state index contributed by atoms with van der Waals surface area (Å²) in [6, 6.07) is 6.75. The van der Waals surface area contributed by atoms with E-state index in [1.807, 2.05) is 25.1 Å². The Morgan fingerprint density at radius 1 is 1.28 bits per heavy atom. The Balaban J connectivity index is 1.07. The van der Waals surface area contributed by atoms with Crippen LogP contribution in [0.25, 0.3) is 10.8 Å². The number of rotatable bonds is 6. The van der Waals surface area contributed by atoms with E-state index in [9.17, 15) is 9.90 Å². The van der Waals surface area contributed by atoms with E-state index in [2.05, 4.69) is 30.7 Å². The van der Waals surface area contributed by atoms with Gasteiger partial charge >= 0.3 is 0 Å². The maximum Gasteiger partial charge on any atom is 0.239 e. The Labute approximate surface area is 191 Å². The number of likely N-dealkylation sites (tertiary alicyclic amines) is 1. The molecule has 1 aliphatic carbocycles. The number of hydrogen-bond acceptors (Lipinski definition) is 8. The molecule has 168 valence electrons. The van der Waals surface area contributed by atoms with Gasteiger partial charge in [-0.1, -0.05) is 17.7 Å². The minimum atomic E-state index is -0.717. The topological polar surface area (TPSA) is 103 Å². The van der Waals surface area contributed by atoms with Gasteiger partial charge in [-0.05, 0) is 38.7 Å². The zero-order valence-electron chi connectivity index (χ0n) is 18.1. The number of amides is 1. The summed E-state index contributed by atoms with van der Waals surface area (Å²) in [4.78, 5) is 19.9. The quantitative estimate of drug-likeness (QED) is 0.528. The predicted octanol–water partition coefficient (Wildman–Crippen LogP) is 2.44. The molecular weight excluding hydrogens is 424 g/mol. The van der Waals surface area contributed by atoms with E-state index in [-0.39, 0.29) is 18.5 Å². The van der Waals surface area contributed by atoms with Crippen molar-refractivity contribution in [1.29, 1.82) is 0 Å². The van der Waals surface area contributed by atoms with E-state index in [1.165, 1.54) is 11.3 Å². The van der Waals surface area contributed by atoms with Gasteiger partial charge < -0.3 is 15.7 Å². The molecule has 0 bridgehead atoms. The second kappa shape index (κ2) is 8.73. The molecule has 9 heteroatoms. The summed E-state index contributed by atoms with van der Waals surface area (Å²) in [7, 11) is 0. The van der Waals surface area contributed by atoms with E-state index < -0.39 is 5.60 Å². The van der Waals surface area contributed by atoms with Crippen LogP contribution in [0.2, 0.25) is 0 Å². The third kappa shape index (κ3) is 4.32. The van der Waals surface area contributed by atoms with Crippen molar-refractivity contribution in [2.45, 2.75) is 50.3 Å². The summed E-state index contributed by atoms with van der Waals surface area (Å²) in [5.41, 5.74) is 2.20. The number of thiazole rings is 1. The first kappa shape index (κ1) is 21.2. The number of aryl methyl sites for hydroxylation is 1. The number of carbonyl (C=O) groups is 1. The fourth-order valence-corrected chi connectivity index (χ4v) is 5.58. The highest BCUT2D eigenvalue weighted by molar-refractivity contribution is 7.09. The van der Waals surface area contributed by atoms with E-state index in [1.54, 1.807) is 17.9 Å². The lowest BCUT2D eigenvalue weighted by Gasteiger charge is -2.48. The molecule has 1 aromatic carbocycles. The molecule has 0 spiro atoms. The molecule has 8 nitrogen and oxygen atoms in total. The number of nitrogens with zero attached hydrogens (tertiary/aromatic N) is 4. The second-order valence-electron chi connectivity index (χ2n) is 8.98. The monoisotopic (exact) mass is 452 g/mol. The van der Waals surface area contributed by atoms with Gasteiger partial charge in [-0.3, -0.25) is 14.7 Å². The maximum atomic E-state index is 12.4. The van der Waals surface area contributed by atoms with Crippen molar-refractivity contribution in [2.24, 2.45) is 0 Å². The van der Waals surface area contributed by atoms with Crippen molar-refractivity contribution < 1.29 is 9.90 Å². The van der Waals surface area contributed by atoms with Crippen molar-refractivity contribution >= 4 is 33.8 Å². The maximum absolute atomic E-state index is 12.4. The average Bonchev–Trinajstić information content (AvgIpc) is 3.31. The van der Waals surface area contributed by atoms with Gasteiger partial charge in [0.05, 0.1) is 29.2 Å². The predicted molar refractivity (Wildman–Crippen MR) is 125 cm³/mol. The third-order valence-corrected chi connectivity index (χ3v) is 7.67. The fourth-order valence-electron chi connectivity index (χ4n) is 4.80. The molecule has 2 fully saturated rings.